The number of carbonyl (C=O) groups is 1. The highest BCUT2D eigenvalue weighted by Gasteiger charge is 2.28. The monoisotopic (exact) mass is 222 g/mol. The number of fused-ring (bicyclic) bond motifs is 1. The summed E-state index contributed by atoms with van der Waals surface area (Å²) in [5.41, 5.74) is 1.27. The van der Waals surface area contributed by atoms with Crippen molar-refractivity contribution in [3.63, 3.8) is 0 Å². The van der Waals surface area contributed by atoms with Crippen molar-refractivity contribution in [2.45, 2.75) is 18.2 Å². The number of allylic oxidation sites excluding steroid dienone is 1. The van der Waals surface area contributed by atoms with Gasteiger partial charge in [0, 0.05) is 11.3 Å². The minimum absolute atomic E-state index is 0.142. The second-order valence-electron chi connectivity index (χ2n) is 3.46. The van der Waals surface area contributed by atoms with Gasteiger partial charge in [0.05, 0.1) is 4.90 Å². The predicted octanol–water partition coefficient (Wildman–Crippen LogP) is 1.58. The molecule has 0 radical (unpaired) electrons. The zero-order valence-corrected chi connectivity index (χ0v) is 9.04. The van der Waals surface area contributed by atoms with E-state index in [1.54, 1.807) is 31.2 Å². The summed E-state index contributed by atoms with van der Waals surface area (Å²) < 4.78 is 23.8. The van der Waals surface area contributed by atoms with Crippen molar-refractivity contribution in [2.24, 2.45) is 0 Å². The van der Waals surface area contributed by atoms with Gasteiger partial charge in [-0.05, 0) is 24.1 Å². The SMILES string of the molecule is CC1=Cc2cccc(CC=O)c2S1(=O)=O. The Morgan fingerprint density at radius 3 is 2.73 bits per heavy atom. The summed E-state index contributed by atoms with van der Waals surface area (Å²) in [4.78, 5) is 11.1. The maximum absolute atomic E-state index is 11.9. The first-order valence-electron chi connectivity index (χ1n) is 4.56. The van der Waals surface area contributed by atoms with Crippen LogP contribution in [0.4, 0.5) is 0 Å². The Bertz CT molecular complexity index is 553. The number of hydrogen-bond donors (Lipinski definition) is 0. The highest BCUT2D eigenvalue weighted by atomic mass is 32.2. The zero-order chi connectivity index (χ0) is 11.1. The molecule has 0 aromatic heterocycles. The van der Waals surface area contributed by atoms with Crippen molar-refractivity contribution in [2.75, 3.05) is 0 Å². The van der Waals surface area contributed by atoms with E-state index in [2.05, 4.69) is 0 Å². The van der Waals surface area contributed by atoms with E-state index in [4.69, 9.17) is 0 Å². The Morgan fingerprint density at radius 1 is 1.33 bits per heavy atom. The quantitative estimate of drug-likeness (QED) is 0.714. The van der Waals surface area contributed by atoms with Crippen LogP contribution in [0.1, 0.15) is 18.1 Å². The smallest absolute Gasteiger partial charge is 0.203 e. The van der Waals surface area contributed by atoms with Crippen molar-refractivity contribution in [3.8, 4) is 0 Å². The van der Waals surface area contributed by atoms with Gasteiger partial charge in [0.2, 0.25) is 9.84 Å². The molecule has 0 N–H and O–H groups in total. The molecule has 0 aliphatic carbocycles. The average Bonchev–Trinajstić information content (AvgIpc) is 2.39. The van der Waals surface area contributed by atoms with Crippen LogP contribution in [0.25, 0.3) is 6.08 Å². The molecule has 0 saturated heterocycles. The van der Waals surface area contributed by atoms with E-state index < -0.39 is 9.84 Å². The fourth-order valence-electron chi connectivity index (χ4n) is 1.75. The van der Waals surface area contributed by atoms with Crippen LogP contribution in [0.2, 0.25) is 0 Å². The maximum Gasteiger partial charge on any atom is 0.203 e. The predicted molar refractivity (Wildman–Crippen MR) is 57.0 cm³/mol. The lowest BCUT2D eigenvalue weighted by molar-refractivity contribution is -0.107. The Morgan fingerprint density at radius 2 is 2.07 bits per heavy atom. The fourth-order valence-corrected chi connectivity index (χ4v) is 3.29. The molecule has 3 nitrogen and oxygen atoms in total. The van der Waals surface area contributed by atoms with Crippen LogP contribution in [0.15, 0.2) is 28.0 Å². The molecule has 1 heterocycles. The first-order chi connectivity index (χ1) is 7.07. The summed E-state index contributed by atoms with van der Waals surface area (Å²) in [6.45, 7) is 1.57. The van der Waals surface area contributed by atoms with Crippen molar-refractivity contribution >= 4 is 22.2 Å². The van der Waals surface area contributed by atoms with Crippen molar-refractivity contribution in [1.82, 2.24) is 0 Å². The second kappa shape index (κ2) is 3.31. The molecule has 0 amide bonds. The van der Waals surface area contributed by atoms with Gasteiger partial charge in [-0.25, -0.2) is 8.42 Å². The highest BCUT2D eigenvalue weighted by Crippen LogP contribution is 2.34. The standard InChI is InChI=1S/C11H10O3S/c1-8-7-10-4-2-3-9(5-6-12)11(10)15(8,13)14/h2-4,6-7H,5H2,1H3. The van der Waals surface area contributed by atoms with Gasteiger partial charge in [0.15, 0.2) is 0 Å². The molecular formula is C11H10O3S. The molecule has 0 unspecified atom stereocenters. The minimum atomic E-state index is -3.33. The second-order valence-corrected chi connectivity index (χ2v) is 5.52. The first kappa shape index (κ1) is 10.1. The lowest BCUT2D eigenvalue weighted by Gasteiger charge is -2.05. The van der Waals surface area contributed by atoms with Crippen LogP contribution in [0.5, 0.6) is 0 Å². The average molecular weight is 222 g/mol. The summed E-state index contributed by atoms with van der Waals surface area (Å²) >= 11 is 0. The molecule has 4 heteroatoms. The Hall–Kier alpha value is -1.42. The lowest BCUT2D eigenvalue weighted by atomic mass is 10.1. The van der Waals surface area contributed by atoms with Crippen molar-refractivity contribution in [3.05, 3.63) is 34.2 Å². The molecule has 2 rings (SSSR count). The van der Waals surface area contributed by atoms with Gasteiger partial charge in [0.1, 0.15) is 6.29 Å². The molecule has 0 bridgehead atoms. The number of rotatable bonds is 2. The number of hydrogen-bond acceptors (Lipinski definition) is 3. The van der Waals surface area contributed by atoms with Crippen molar-refractivity contribution < 1.29 is 13.2 Å². The van der Waals surface area contributed by atoms with E-state index in [9.17, 15) is 13.2 Å². The van der Waals surface area contributed by atoms with E-state index in [0.29, 0.717) is 20.9 Å². The third kappa shape index (κ3) is 1.41. The Kier molecular flexibility index (Phi) is 2.23. The number of aldehydes is 1. The summed E-state index contributed by atoms with van der Waals surface area (Å²) in [6.07, 6.45) is 2.50. The van der Waals surface area contributed by atoms with Gasteiger partial charge >= 0.3 is 0 Å². The van der Waals surface area contributed by atoms with E-state index in [-0.39, 0.29) is 6.42 Å². The van der Waals surface area contributed by atoms with E-state index in [1.807, 2.05) is 0 Å². The molecule has 1 aliphatic rings. The molecule has 1 aromatic rings. The van der Waals surface area contributed by atoms with Crippen LogP contribution in [0.3, 0.4) is 0 Å². The third-order valence-corrected chi connectivity index (χ3v) is 4.48. The Labute approximate surface area is 88.3 Å². The van der Waals surface area contributed by atoms with Gasteiger partial charge in [-0.15, -0.1) is 0 Å². The number of sulfone groups is 1. The summed E-state index contributed by atoms with van der Waals surface area (Å²) in [7, 11) is -3.33. The lowest BCUT2D eigenvalue weighted by Crippen LogP contribution is -2.03. The number of benzene rings is 1. The van der Waals surface area contributed by atoms with Gasteiger partial charge in [-0.1, -0.05) is 18.2 Å². The van der Waals surface area contributed by atoms with Gasteiger partial charge in [0.25, 0.3) is 0 Å². The van der Waals surface area contributed by atoms with Crippen LogP contribution in [-0.4, -0.2) is 14.7 Å². The molecule has 1 aromatic carbocycles. The molecule has 0 spiro atoms. The molecule has 1 aliphatic heterocycles. The number of carbonyl (C=O) groups excluding carboxylic acids is 1. The first-order valence-corrected chi connectivity index (χ1v) is 6.04. The Balaban J connectivity index is 2.73. The van der Waals surface area contributed by atoms with Crippen LogP contribution >= 0.6 is 0 Å². The molecule has 78 valence electrons. The summed E-state index contributed by atoms with van der Waals surface area (Å²) in [6, 6.07) is 5.19. The van der Waals surface area contributed by atoms with Gasteiger partial charge < -0.3 is 4.79 Å². The van der Waals surface area contributed by atoms with E-state index in [1.165, 1.54) is 0 Å². The molecule has 0 atom stereocenters. The maximum atomic E-state index is 11.9. The highest BCUT2D eigenvalue weighted by molar-refractivity contribution is 7.95. The largest absolute Gasteiger partial charge is 0.303 e. The topological polar surface area (TPSA) is 51.2 Å². The third-order valence-electron chi connectivity index (χ3n) is 2.48. The fraction of sp³-hybridized carbons (Fsp3) is 0.182. The van der Waals surface area contributed by atoms with Gasteiger partial charge in [-0.2, -0.15) is 0 Å². The molecular weight excluding hydrogens is 212 g/mol. The van der Waals surface area contributed by atoms with Crippen LogP contribution in [-0.2, 0) is 21.1 Å². The summed E-state index contributed by atoms with van der Waals surface area (Å²) in [5, 5.41) is 0. The van der Waals surface area contributed by atoms with Crippen LogP contribution < -0.4 is 0 Å². The minimum Gasteiger partial charge on any atom is -0.303 e. The van der Waals surface area contributed by atoms with E-state index in [0.717, 1.165) is 6.29 Å². The molecule has 0 fully saturated rings. The van der Waals surface area contributed by atoms with E-state index >= 15 is 0 Å². The van der Waals surface area contributed by atoms with Gasteiger partial charge in [-0.3, -0.25) is 0 Å². The van der Waals surface area contributed by atoms with Crippen LogP contribution in [0, 0.1) is 0 Å². The molecule has 0 saturated carbocycles. The molecule has 15 heavy (non-hydrogen) atoms. The normalized spacial score (nSPS) is 17.0. The summed E-state index contributed by atoms with van der Waals surface area (Å²) in [5.74, 6) is 0. The van der Waals surface area contributed by atoms with Crippen molar-refractivity contribution in [1.29, 1.82) is 0 Å². The zero-order valence-electron chi connectivity index (χ0n) is 8.23.